The molecule has 0 N–H and O–H groups in total. The number of ether oxygens (including phenoxy) is 3. The van der Waals surface area contributed by atoms with Crippen LogP contribution < -0.4 is 0 Å². The summed E-state index contributed by atoms with van der Waals surface area (Å²) >= 11 is 0. The van der Waals surface area contributed by atoms with E-state index < -0.39 is 6.10 Å². The lowest BCUT2D eigenvalue weighted by atomic mass is 10.0. The van der Waals surface area contributed by atoms with E-state index in [0.29, 0.717) is 19.3 Å². The van der Waals surface area contributed by atoms with Crippen LogP contribution in [0, 0.1) is 0 Å². The predicted octanol–water partition coefficient (Wildman–Crippen LogP) is 16.9. The molecule has 0 aliphatic rings. The summed E-state index contributed by atoms with van der Waals surface area (Å²) in [6.45, 7) is 6.48. The molecule has 0 heterocycles. The molecule has 0 fully saturated rings. The van der Waals surface area contributed by atoms with E-state index >= 15 is 0 Å². The van der Waals surface area contributed by atoms with Crippen LogP contribution in [0.3, 0.4) is 0 Å². The molecule has 0 aliphatic carbocycles. The number of unbranched alkanes of at least 4 members (excludes halogenated alkanes) is 25. The number of allylic oxidation sites excluding steroid dienone is 10. The van der Waals surface area contributed by atoms with Gasteiger partial charge in [-0.1, -0.05) is 210 Å². The number of esters is 3. The molecule has 0 aromatic heterocycles. The van der Waals surface area contributed by atoms with Crippen molar-refractivity contribution in [3.63, 3.8) is 0 Å². The van der Waals surface area contributed by atoms with Crippen molar-refractivity contribution in [3.05, 3.63) is 60.8 Å². The maximum Gasteiger partial charge on any atom is 0.306 e. The molecule has 0 spiro atoms. The molecule has 61 heavy (non-hydrogen) atoms. The van der Waals surface area contributed by atoms with E-state index in [2.05, 4.69) is 81.5 Å². The molecule has 0 rings (SSSR count). The Morgan fingerprint density at radius 2 is 0.639 bits per heavy atom. The first-order valence-electron chi connectivity index (χ1n) is 25.8. The minimum atomic E-state index is -0.790. The second-order valence-electron chi connectivity index (χ2n) is 17.1. The highest BCUT2D eigenvalue weighted by Gasteiger charge is 2.19. The molecule has 0 saturated heterocycles. The fraction of sp³-hybridized carbons (Fsp3) is 0.764. The third-order valence-electron chi connectivity index (χ3n) is 11.0. The zero-order valence-electron chi connectivity index (χ0n) is 40.2. The van der Waals surface area contributed by atoms with Gasteiger partial charge in [0.1, 0.15) is 13.2 Å². The van der Waals surface area contributed by atoms with Crippen molar-refractivity contribution in [2.24, 2.45) is 0 Å². The maximum atomic E-state index is 12.8. The summed E-state index contributed by atoms with van der Waals surface area (Å²) in [6.07, 6.45) is 60.6. The van der Waals surface area contributed by atoms with Crippen molar-refractivity contribution < 1.29 is 28.6 Å². The Labute approximate surface area is 377 Å². The highest BCUT2D eigenvalue weighted by atomic mass is 16.6. The maximum absolute atomic E-state index is 12.8. The molecular formula is C55H96O6. The van der Waals surface area contributed by atoms with Gasteiger partial charge >= 0.3 is 17.9 Å². The lowest BCUT2D eigenvalue weighted by molar-refractivity contribution is -0.167. The Morgan fingerprint density at radius 1 is 0.344 bits per heavy atom. The fourth-order valence-corrected chi connectivity index (χ4v) is 7.13. The summed E-state index contributed by atoms with van der Waals surface area (Å²) in [5.41, 5.74) is 0. The van der Waals surface area contributed by atoms with Crippen molar-refractivity contribution >= 4 is 17.9 Å². The Kier molecular flexibility index (Phi) is 47.4. The van der Waals surface area contributed by atoms with Crippen LogP contribution in [0.25, 0.3) is 0 Å². The van der Waals surface area contributed by atoms with Crippen molar-refractivity contribution in [1.82, 2.24) is 0 Å². The van der Waals surface area contributed by atoms with E-state index in [0.717, 1.165) is 103 Å². The molecule has 0 aliphatic heterocycles. The molecular weight excluding hydrogens is 757 g/mol. The summed E-state index contributed by atoms with van der Waals surface area (Å²) in [7, 11) is 0. The van der Waals surface area contributed by atoms with Gasteiger partial charge < -0.3 is 14.2 Å². The third-order valence-corrected chi connectivity index (χ3v) is 11.0. The molecule has 352 valence electrons. The Bertz CT molecular complexity index is 1120. The molecule has 6 nitrogen and oxygen atoms in total. The van der Waals surface area contributed by atoms with Crippen LogP contribution >= 0.6 is 0 Å². The van der Waals surface area contributed by atoms with E-state index in [-0.39, 0.29) is 31.1 Å². The van der Waals surface area contributed by atoms with Gasteiger partial charge in [-0.25, -0.2) is 0 Å². The first-order chi connectivity index (χ1) is 30.0. The first kappa shape index (κ1) is 58.1. The monoisotopic (exact) mass is 853 g/mol. The third kappa shape index (κ3) is 48.0. The SMILES string of the molecule is CC/C=C\C/C=C\C/C=C\C/C=C\CCCCCC(=O)OCC(COC(=O)CCCCC/C=C\CCCCCCCC)OC(=O)CCCCCCCCCCCCCCCC. The van der Waals surface area contributed by atoms with Gasteiger partial charge in [-0.3, -0.25) is 14.4 Å². The molecule has 0 radical (unpaired) electrons. The summed E-state index contributed by atoms with van der Waals surface area (Å²) in [4.78, 5) is 37.9. The van der Waals surface area contributed by atoms with Crippen LogP contribution in [0.15, 0.2) is 60.8 Å². The van der Waals surface area contributed by atoms with Gasteiger partial charge in [-0.05, 0) is 83.5 Å². The van der Waals surface area contributed by atoms with E-state index in [1.807, 2.05) is 0 Å². The van der Waals surface area contributed by atoms with Crippen molar-refractivity contribution in [2.45, 2.75) is 258 Å². The molecule has 1 atom stereocenters. The molecule has 0 aromatic rings. The van der Waals surface area contributed by atoms with Crippen LogP contribution in [0.2, 0.25) is 0 Å². The molecule has 0 saturated carbocycles. The lowest BCUT2D eigenvalue weighted by Crippen LogP contribution is -2.30. The van der Waals surface area contributed by atoms with Gasteiger partial charge in [0.15, 0.2) is 6.10 Å². The van der Waals surface area contributed by atoms with Crippen LogP contribution in [0.1, 0.15) is 252 Å². The largest absolute Gasteiger partial charge is 0.462 e. The van der Waals surface area contributed by atoms with E-state index in [1.165, 1.54) is 109 Å². The molecule has 1 unspecified atom stereocenters. The summed E-state index contributed by atoms with van der Waals surface area (Å²) in [5.74, 6) is -0.931. The lowest BCUT2D eigenvalue weighted by Gasteiger charge is -2.18. The number of carbonyl (C=O) groups is 3. The quantitative estimate of drug-likeness (QED) is 0.0263. The molecule has 0 bridgehead atoms. The second-order valence-corrected chi connectivity index (χ2v) is 17.1. The summed E-state index contributed by atoms with van der Waals surface area (Å²) in [6, 6.07) is 0. The van der Waals surface area contributed by atoms with Gasteiger partial charge in [-0.15, -0.1) is 0 Å². The zero-order valence-corrected chi connectivity index (χ0v) is 40.2. The number of hydrogen-bond acceptors (Lipinski definition) is 6. The Balaban J connectivity index is 4.44. The fourth-order valence-electron chi connectivity index (χ4n) is 7.13. The van der Waals surface area contributed by atoms with E-state index in [4.69, 9.17) is 14.2 Å². The second kappa shape index (κ2) is 49.8. The summed E-state index contributed by atoms with van der Waals surface area (Å²) in [5, 5.41) is 0. The van der Waals surface area contributed by atoms with Gasteiger partial charge in [0, 0.05) is 19.3 Å². The zero-order chi connectivity index (χ0) is 44.4. The van der Waals surface area contributed by atoms with Crippen LogP contribution in [-0.4, -0.2) is 37.2 Å². The Morgan fingerprint density at radius 3 is 1.03 bits per heavy atom. The number of hydrogen-bond donors (Lipinski definition) is 0. The van der Waals surface area contributed by atoms with Crippen LogP contribution in [0.4, 0.5) is 0 Å². The summed E-state index contributed by atoms with van der Waals surface area (Å²) < 4.78 is 16.8. The van der Waals surface area contributed by atoms with Gasteiger partial charge in [-0.2, -0.15) is 0 Å². The van der Waals surface area contributed by atoms with Gasteiger partial charge in [0.05, 0.1) is 0 Å². The van der Waals surface area contributed by atoms with Crippen molar-refractivity contribution in [1.29, 1.82) is 0 Å². The smallest absolute Gasteiger partial charge is 0.306 e. The van der Waals surface area contributed by atoms with Crippen LogP contribution in [0.5, 0.6) is 0 Å². The topological polar surface area (TPSA) is 78.9 Å². The minimum absolute atomic E-state index is 0.0906. The van der Waals surface area contributed by atoms with Gasteiger partial charge in [0.25, 0.3) is 0 Å². The standard InChI is InChI=1S/C55H96O6/c1-4-7-10-13-16-19-22-25-27-28-31-33-36-39-42-45-48-54(57)60-51-52(50-59-53(56)47-44-41-38-35-32-29-24-21-18-15-12-9-6-3)61-55(58)49-46-43-40-37-34-30-26-23-20-17-14-11-8-5-2/h7,10,16,19,25,27,29,31-33,52H,4-6,8-9,11-15,17-18,20-24,26,28,30,34-51H2,1-3H3/b10-7-,19-16-,27-25-,32-29-,33-31-. The normalized spacial score (nSPS) is 12.5. The predicted molar refractivity (Wildman–Crippen MR) is 261 cm³/mol. The average Bonchev–Trinajstić information content (AvgIpc) is 3.26. The Hall–Kier alpha value is -2.89. The molecule has 6 heteroatoms. The van der Waals surface area contributed by atoms with Gasteiger partial charge in [0.2, 0.25) is 0 Å². The van der Waals surface area contributed by atoms with E-state index in [9.17, 15) is 14.4 Å². The van der Waals surface area contributed by atoms with E-state index in [1.54, 1.807) is 0 Å². The van der Waals surface area contributed by atoms with Crippen LogP contribution in [-0.2, 0) is 28.6 Å². The van der Waals surface area contributed by atoms with Crippen molar-refractivity contribution in [3.8, 4) is 0 Å². The first-order valence-corrected chi connectivity index (χ1v) is 25.8. The van der Waals surface area contributed by atoms with Crippen molar-refractivity contribution in [2.75, 3.05) is 13.2 Å². The number of carbonyl (C=O) groups excluding carboxylic acids is 3. The molecule has 0 aromatic carbocycles. The minimum Gasteiger partial charge on any atom is -0.462 e. The highest BCUT2D eigenvalue weighted by Crippen LogP contribution is 2.15. The number of rotatable bonds is 46. The average molecular weight is 853 g/mol. The molecule has 0 amide bonds. The highest BCUT2D eigenvalue weighted by molar-refractivity contribution is 5.71.